The van der Waals surface area contributed by atoms with Crippen molar-refractivity contribution >= 4 is 22.5 Å². The van der Waals surface area contributed by atoms with Crippen LogP contribution in [-0.2, 0) is 18.9 Å². The molecule has 0 saturated carbocycles. The summed E-state index contributed by atoms with van der Waals surface area (Å²) in [5.41, 5.74) is 3.71. The molecule has 4 nitrogen and oxygen atoms in total. The maximum Gasteiger partial charge on any atom is 0.191 e. The summed E-state index contributed by atoms with van der Waals surface area (Å²) < 4.78 is 8.19. The van der Waals surface area contributed by atoms with Gasteiger partial charge < -0.3 is 9.30 Å². The molecule has 0 aliphatic carbocycles. The largest absolute Gasteiger partial charge is 0.485 e. The van der Waals surface area contributed by atoms with Crippen LogP contribution in [0.4, 0.5) is 0 Å². The minimum absolute atomic E-state index is 0.417. The van der Waals surface area contributed by atoms with Crippen LogP contribution in [0.15, 0.2) is 65.8 Å². The number of thioether (sulfide) groups is 1. The fraction of sp³-hybridized carbons (Fsp3) is 0.250. The molecule has 0 bridgehead atoms. The minimum atomic E-state index is 0.417. The monoisotopic (exact) mass is 403 g/mol. The lowest BCUT2D eigenvalue weighted by Crippen LogP contribution is -2.07. The molecule has 3 aromatic carbocycles. The molecule has 1 aromatic heterocycles. The van der Waals surface area contributed by atoms with Crippen molar-refractivity contribution in [2.24, 2.45) is 0 Å². The number of rotatable bonds is 7. The zero-order chi connectivity index (χ0) is 20.2. The van der Waals surface area contributed by atoms with E-state index in [4.69, 9.17) is 4.74 Å². The molecule has 0 unspecified atom stereocenters. The van der Waals surface area contributed by atoms with Gasteiger partial charge in [0.05, 0.1) is 0 Å². The van der Waals surface area contributed by atoms with E-state index < -0.39 is 0 Å². The highest BCUT2D eigenvalue weighted by molar-refractivity contribution is 7.98. The number of hydrogen-bond acceptors (Lipinski definition) is 4. The number of hydrogen-bond donors (Lipinski definition) is 0. The number of aromatic nitrogens is 3. The SMILES string of the molecule is CCn1c(COc2cccc(C)c2C)nnc1SCc1cccc2ccccc12. The molecule has 4 aromatic rings. The number of ether oxygens (including phenoxy) is 1. The predicted octanol–water partition coefficient (Wildman–Crippen LogP) is 5.94. The molecule has 0 saturated heterocycles. The highest BCUT2D eigenvalue weighted by atomic mass is 32.2. The molecule has 0 amide bonds. The molecule has 0 fully saturated rings. The van der Waals surface area contributed by atoms with E-state index >= 15 is 0 Å². The van der Waals surface area contributed by atoms with E-state index in [-0.39, 0.29) is 0 Å². The molecule has 0 aliphatic rings. The number of benzene rings is 3. The summed E-state index contributed by atoms with van der Waals surface area (Å²) in [4.78, 5) is 0. The van der Waals surface area contributed by atoms with Crippen LogP contribution in [0.25, 0.3) is 10.8 Å². The van der Waals surface area contributed by atoms with Gasteiger partial charge in [-0.15, -0.1) is 10.2 Å². The van der Waals surface area contributed by atoms with E-state index in [1.807, 2.05) is 12.1 Å². The van der Waals surface area contributed by atoms with Crippen LogP contribution in [0.3, 0.4) is 0 Å². The van der Waals surface area contributed by atoms with Gasteiger partial charge in [0.2, 0.25) is 0 Å². The van der Waals surface area contributed by atoms with E-state index in [2.05, 4.69) is 84.1 Å². The molecular formula is C24H25N3OS. The van der Waals surface area contributed by atoms with Gasteiger partial charge in [-0.25, -0.2) is 0 Å². The van der Waals surface area contributed by atoms with Crippen molar-refractivity contribution in [1.29, 1.82) is 0 Å². The third-order valence-electron chi connectivity index (χ3n) is 5.26. The second kappa shape index (κ2) is 8.70. The van der Waals surface area contributed by atoms with Gasteiger partial charge in [0.15, 0.2) is 11.0 Å². The molecule has 148 valence electrons. The van der Waals surface area contributed by atoms with Crippen LogP contribution in [0.5, 0.6) is 5.75 Å². The van der Waals surface area contributed by atoms with Crippen LogP contribution < -0.4 is 4.74 Å². The summed E-state index contributed by atoms with van der Waals surface area (Å²) in [5.74, 6) is 2.62. The van der Waals surface area contributed by atoms with Crippen LogP contribution >= 0.6 is 11.8 Å². The number of aryl methyl sites for hydroxylation is 1. The third-order valence-corrected chi connectivity index (χ3v) is 6.27. The summed E-state index contributed by atoms with van der Waals surface area (Å²) >= 11 is 1.72. The van der Waals surface area contributed by atoms with Crippen molar-refractivity contribution in [2.75, 3.05) is 0 Å². The average Bonchev–Trinajstić information content (AvgIpc) is 3.15. The van der Waals surface area contributed by atoms with Gasteiger partial charge in [-0.05, 0) is 54.3 Å². The first-order valence-electron chi connectivity index (χ1n) is 9.88. The molecule has 0 spiro atoms. The van der Waals surface area contributed by atoms with Gasteiger partial charge in [-0.3, -0.25) is 0 Å². The van der Waals surface area contributed by atoms with Crippen molar-refractivity contribution < 1.29 is 4.74 Å². The Kier molecular flexibility index (Phi) is 5.86. The van der Waals surface area contributed by atoms with Crippen LogP contribution in [0.1, 0.15) is 29.4 Å². The summed E-state index contributed by atoms with van der Waals surface area (Å²) in [6, 6.07) is 21.1. The quantitative estimate of drug-likeness (QED) is 0.358. The smallest absolute Gasteiger partial charge is 0.191 e. The fourth-order valence-corrected chi connectivity index (χ4v) is 4.46. The number of nitrogens with zero attached hydrogens (tertiary/aromatic N) is 3. The van der Waals surface area contributed by atoms with Gasteiger partial charge in [-0.1, -0.05) is 66.4 Å². The Hall–Kier alpha value is -2.79. The Morgan fingerprint density at radius 3 is 2.59 bits per heavy atom. The predicted molar refractivity (Wildman–Crippen MR) is 119 cm³/mol. The second-order valence-electron chi connectivity index (χ2n) is 7.06. The van der Waals surface area contributed by atoms with Gasteiger partial charge in [0.1, 0.15) is 12.4 Å². The standard InChI is InChI=1S/C24H25N3OS/c1-4-27-23(15-28-22-14-7-9-17(2)18(22)3)25-26-24(27)29-16-20-12-8-11-19-10-5-6-13-21(19)20/h5-14H,4,15-16H2,1-3H3. The molecule has 0 radical (unpaired) electrons. The van der Waals surface area contributed by atoms with Crippen LogP contribution in [-0.4, -0.2) is 14.8 Å². The summed E-state index contributed by atoms with van der Waals surface area (Å²) in [6.45, 7) is 7.53. The first-order valence-corrected chi connectivity index (χ1v) is 10.9. The van der Waals surface area contributed by atoms with Crippen molar-refractivity contribution in [3.8, 4) is 5.75 Å². The zero-order valence-electron chi connectivity index (χ0n) is 17.1. The summed E-state index contributed by atoms with van der Waals surface area (Å²) in [6.07, 6.45) is 0. The first kappa shape index (κ1) is 19.5. The lowest BCUT2D eigenvalue weighted by Gasteiger charge is -2.12. The van der Waals surface area contributed by atoms with Crippen molar-refractivity contribution in [2.45, 2.75) is 44.8 Å². The molecule has 29 heavy (non-hydrogen) atoms. The number of fused-ring (bicyclic) bond motifs is 1. The normalized spacial score (nSPS) is 11.1. The Morgan fingerprint density at radius 1 is 0.931 bits per heavy atom. The van der Waals surface area contributed by atoms with Crippen molar-refractivity contribution in [3.63, 3.8) is 0 Å². The van der Waals surface area contributed by atoms with Crippen molar-refractivity contribution in [1.82, 2.24) is 14.8 Å². The molecule has 0 aliphatic heterocycles. The van der Waals surface area contributed by atoms with Gasteiger partial charge in [0.25, 0.3) is 0 Å². The third kappa shape index (κ3) is 4.15. The van der Waals surface area contributed by atoms with Gasteiger partial charge >= 0.3 is 0 Å². The molecule has 0 N–H and O–H groups in total. The molecule has 5 heteroatoms. The second-order valence-corrected chi connectivity index (χ2v) is 8.00. The highest BCUT2D eigenvalue weighted by Gasteiger charge is 2.13. The Balaban J connectivity index is 1.49. The Labute approximate surface area is 175 Å². The fourth-order valence-electron chi connectivity index (χ4n) is 3.43. The van der Waals surface area contributed by atoms with Crippen LogP contribution in [0.2, 0.25) is 0 Å². The summed E-state index contributed by atoms with van der Waals surface area (Å²) in [7, 11) is 0. The average molecular weight is 404 g/mol. The molecular weight excluding hydrogens is 378 g/mol. The van der Waals surface area contributed by atoms with E-state index in [0.29, 0.717) is 6.61 Å². The van der Waals surface area contributed by atoms with Crippen molar-refractivity contribution in [3.05, 3.63) is 83.2 Å². The molecule has 0 atom stereocenters. The van der Waals surface area contributed by atoms with Gasteiger partial charge in [-0.2, -0.15) is 0 Å². The lowest BCUT2D eigenvalue weighted by atomic mass is 10.1. The highest BCUT2D eigenvalue weighted by Crippen LogP contribution is 2.27. The molecule has 4 rings (SSSR count). The minimum Gasteiger partial charge on any atom is -0.485 e. The Bertz CT molecular complexity index is 1130. The topological polar surface area (TPSA) is 39.9 Å². The van der Waals surface area contributed by atoms with E-state index in [9.17, 15) is 0 Å². The Morgan fingerprint density at radius 2 is 1.72 bits per heavy atom. The lowest BCUT2D eigenvalue weighted by molar-refractivity contribution is 0.286. The summed E-state index contributed by atoms with van der Waals surface area (Å²) in [5, 5.41) is 12.3. The maximum absolute atomic E-state index is 6.05. The van der Waals surface area contributed by atoms with Gasteiger partial charge in [0, 0.05) is 12.3 Å². The van der Waals surface area contributed by atoms with E-state index in [1.165, 1.54) is 27.5 Å². The van der Waals surface area contributed by atoms with E-state index in [1.54, 1.807) is 11.8 Å². The first-order chi connectivity index (χ1) is 14.2. The zero-order valence-corrected chi connectivity index (χ0v) is 17.9. The van der Waals surface area contributed by atoms with E-state index in [0.717, 1.165) is 29.0 Å². The van der Waals surface area contributed by atoms with Crippen LogP contribution in [0, 0.1) is 13.8 Å². The maximum atomic E-state index is 6.05. The molecule has 1 heterocycles.